The monoisotopic (exact) mass is 210 g/mol. The van der Waals surface area contributed by atoms with Crippen molar-refractivity contribution in [2.75, 3.05) is 39.4 Å². The number of fused-ring (bicyclic) bond motifs is 1. The zero-order valence-corrected chi connectivity index (χ0v) is 9.53. The van der Waals surface area contributed by atoms with Crippen LogP contribution in [0.25, 0.3) is 0 Å². The Hall–Kier alpha value is -0.120. The van der Waals surface area contributed by atoms with Gasteiger partial charge in [0.05, 0.1) is 6.61 Å². The SMILES string of the molecule is C1CC2CN(C3CCOC3)CCCN2C1. The Balaban J connectivity index is 1.64. The van der Waals surface area contributed by atoms with E-state index in [4.69, 9.17) is 4.74 Å². The summed E-state index contributed by atoms with van der Waals surface area (Å²) in [6.45, 7) is 7.23. The third-order valence-corrected chi connectivity index (χ3v) is 4.26. The molecule has 0 radical (unpaired) electrons. The van der Waals surface area contributed by atoms with Crippen molar-refractivity contribution < 1.29 is 4.74 Å². The second-order valence-corrected chi connectivity index (χ2v) is 5.20. The largest absolute Gasteiger partial charge is 0.380 e. The van der Waals surface area contributed by atoms with E-state index >= 15 is 0 Å². The first-order valence-corrected chi connectivity index (χ1v) is 6.49. The molecule has 15 heavy (non-hydrogen) atoms. The molecule has 3 fully saturated rings. The van der Waals surface area contributed by atoms with Crippen LogP contribution in [0.5, 0.6) is 0 Å². The van der Waals surface area contributed by atoms with Gasteiger partial charge >= 0.3 is 0 Å². The van der Waals surface area contributed by atoms with E-state index in [9.17, 15) is 0 Å². The van der Waals surface area contributed by atoms with Gasteiger partial charge < -0.3 is 4.74 Å². The van der Waals surface area contributed by atoms with Crippen molar-refractivity contribution in [2.45, 2.75) is 37.8 Å². The molecule has 3 heteroatoms. The van der Waals surface area contributed by atoms with E-state index in [0.29, 0.717) is 0 Å². The molecule has 0 bridgehead atoms. The van der Waals surface area contributed by atoms with Crippen molar-refractivity contribution >= 4 is 0 Å². The summed E-state index contributed by atoms with van der Waals surface area (Å²) in [6, 6.07) is 1.58. The Morgan fingerprint density at radius 3 is 2.60 bits per heavy atom. The van der Waals surface area contributed by atoms with E-state index in [1.807, 2.05) is 0 Å². The number of ether oxygens (including phenoxy) is 1. The molecule has 0 spiro atoms. The van der Waals surface area contributed by atoms with Crippen LogP contribution >= 0.6 is 0 Å². The van der Waals surface area contributed by atoms with Gasteiger partial charge in [-0.1, -0.05) is 0 Å². The lowest BCUT2D eigenvalue weighted by Crippen LogP contribution is -2.42. The average Bonchev–Trinajstić information content (AvgIpc) is 2.86. The standard InChI is InChI=1S/C12H22N2O/c1-3-11-9-14(12-4-8-15-10-12)7-2-6-13(11)5-1/h11-12H,1-10H2. The number of hydrogen-bond donors (Lipinski definition) is 0. The first-order valence-electron chi connectivity index (χ1n) is 6.49. The van der Waals surface area contributed by atoms with Gasteiger partial charge in [-0.3, -0.25) is 9.80 Å². The summed E-state index contributed by atoms with van der Waals surface area (Å²) >= 11 is 0. The lowest BCUT2D eigenvalue weighted by atomic mass is 10.1. The van der Waals surface area contributed by atoms with Crippen LogP contribution in [0, 0.1) is 0 Å². The van der Waals surface area contributed by atoms with Gasteiger partial charge in [0.1, 0.15) is 0 Å². The third-order valence-electron chi connectivity index (χ3n) is 4.26. The van der Waals surface area contributed by atoms with E-state index < -0.39 is 0 Å². The first-order chi connectivity index (χ1) is 7.43. The van der Waals surface area contributed by atoms with Crippen LogP contribution in [0.2, 0.25) is 0 Å². The molecule has 0 aromatic heterocycles. The quantitative estimate of drug-likeness (QED) is 0.641. The van der Waals surface area contributed by atoms with Crippen LogP contribution in [-0.2, 0) is 4.74 Å². The molecule has 3 heterocycles. The molecule has 0 aromatic rings. The van der Waals surface area contributed by atoms with Crippen molar-refractivity contribution in [3.05, 3.63) is 0 Å². The summed E-state index contributed by atoms with van der Waals surface area (Å²) < 4.78 is 5.51. The maximum absolute atomic E-state index is 5.51. The van der Waals surface area contributed by atoms with Gasteiger partial charge in [-0.15, -0.1) is 0 Å². The van der Waals surface area contributed by atoms with Crippen LogP contribution in [0.1, 0.15) is 25.7 Å². The van der Waals surface area contributed by atoms with E-state index in [1.54, 1.807) is 0 Å². The van der Waals surface area contributed by atoms with Crippen LogP contribution in [0.3, 0.4) is 0 Å². The Labute approximate surface area is 92.4 Å². The first kappa shape index (κ1) is 10.1. The molecule has 0 aliphatic carbocycles. The van der Waals surface area contributed by atoms with E-state index in [1.165, 1.54) is 51.9 Å². The highest BCUT2D eigenvalue weighted by atomic mass is 16.5. The second-order valence-electron chi connectivity index (χ2n) is 5.20. The lowest BCUT2D eigenvalue weighted by molar-refractivity contribution is 0.135. The minimum Gasteiger partial charge on any atom is -0.380 e. The second kappa shape index (κ2) is 4.40. The number of rotatable bonds is 1. The van der Waals surface area contributed by atoms with Crippen LogP contribution < -0.4 is 0 Å². The molecule has 86 valence electrons. The highest BCUT2D eigenvalue weighted by molar-refractivity contribution is 4.88. The van der Waals surface area contributed by atoms with Crippen LogP contribution in [-0.4, -0.2) is 61.3 Å². The fourth-order valence-corrected chi connectivity index (χ4v) is 3.38. The molecular formula is C12H22N2O. The Kier molecular flexibility index (Phi) is 2.95. The molecule has 0 N–H and O–H groups in total. The molecule has 3 aliphatic heterocycles. The van der Waals surface area contributed by atoms with E-state index in [2.05, 4.69) is 9.80 Å². The summed E-state index contributed by atoms with van der Waals surface area (Å²) in [5.41, 5.74) is 0. The molecular weight excluding hydrogens is 188 g/mol. The summed E-state index contributed by atoms with van der Waals surface area (Å²) in [7, 11) is 0. The molecule has 0 aromatic carbocycles. The van der Waals surface area contributed by atoms with Gasteiger partial charge in [-0.25, -0.2) is 0 Å². The van der Waals surface area contributed by atoms with Gasteiger partial charge in [-0.05, 0) is 45.3 Å². The topological polar surface area (TPSA) is 15.7 Å². The molecule has 2 unspecified atom stereocenters. The summed E-state index contributed by atoms with van der Waals surface area (Å²) in [5.74, 6) is 0. The molecule has 3 nitrogen and oxygen atoms in total. The predicted octanol–water partition coefficient (Wildman–Crippen LogP) is 0.945. The smallest absolute Gasteiger partial charge is 0.0622 e. The minimum absolute atomic E-state index is 0.727. The van der Waals surface area contributed by atoms with Gasteiger partial charge in [0.2, 0.25) is 0 Å². The lowest BCUT2D eigenvalue weighted by Gasteiger charge is -2.29. The van der Waals surface area contributed by atoms with E-state index in [-0.39, 0.29) is 0 Å². The van der Waals surface area contributed by atoms with Crippen molar-refractivity contribution in [3.8, 4) is 0 Å². The van der Waals surface area contributed by atoms with Crippen molar-refractivity contribution in [1.82, 2.24) is 9.80 Å². The molecule has 3 aliphatic rings. The highest BCUT2D eigenvalue weighted by Gasteiger charge is 2.32. The molecule has 0 amide bonds. The van der Waals surface area contributed by atoms with Crippen molar-refractivity contribution in [3.63, 3.8) is 0 Å². The molecule has 3 saturated heterocycles. The maximum Gasteiger partial charge on any atom is 0.0622 e. The fourth-order valence-electron chi connectivity index (χ4n) is 3.38. The van der Waals surface area contributed by atoms with Crippen LogP contribution in [0.4, 0.5) is 0 Å². The maximum atomic E-state index is 5.51. The number of hydrogen-bond acceptors (Lipinski definition) is 3. The predicted molar refractivity (Wildman–Crippen MR) is 60.0 cm³/mol. The summed E-state index contributed by atoms with van der Waals surface area (Å²) in [6.07, 6.45) is 5.45. The Morgan fingerprint density at radius 1 is 0.867 bits per heavy atom. The highest BCUT2D eigenvalue weighted by Crippen LogP contribution is 2.24. The molecule has 0 saturated carbocycles. The molecule has 2 atom stereocenters. The summed E-state index contributed by atoms with van der Waals surface area (Å²) in [5, 5.41) is 0. The zero-order chi connectivity index (χ0) is 10.1. The number of nitrogens with zero attached hydrogens (tertiary/aromatic N) is 2. The van der Waals surface area contributed by atoms with Gasteiger partial charge in [0.25, 0.3) is 0 Å². The Bertz CT molecular complexity index is 216. The van der Waals surface area contributed by atoms with Gasteiger partial charge in [-0.2, -0.15) is 0 Å². The minimum atomic E-state index is 0.727. The average molecular weight is 210 g/mol. The molecule has 3 rings (SSSR count). The van der Waals surface area contributed by atoms with Gasteiger partial charge in [0, 0.05) is 25.2 Å². The van der Waals surface area contributed by atoms with Crippen LogP contribution in [0.15, 0.2) is 0 Å². The van der Waals surface area contributed by atoms with Gasteiger partial charge in [0.15, 0.2) is 0 Å². The van der Waals surface area contributed by atoms with Crippen molar-refractivity contribution in [1.29, 1.82) is 0 Å². The fraction of sp³-hybridized carbons (Fsp3) is 1.00. The van der Waals surface area contributed by atoms with Crippen molar-refractivity contribution in [2.24, 2.45) is 0 Å². The Morgan fingerprint density at radius 2 is 1.73 bits per heavy atom. The zero-order valence-electron chi connectivity index (χ0n) is 9.53. The normalized spacial score (nSPS) is 39.2. The third kappa shape index (κ3) is 2.05. The summed E-state index contributed by atoms with van der Waals surface area (Å²) in [4.78, 5) is 5.40. The van der Waals surface area contributed by atoms with E-state index in [0.717, 1.165) is 25.3 Å².